The fourth-order valence-electron chi connectivity index (χ4n) is 3.67. The summed E-state index contributed by atoms with van der Waals surface area (Å²) in [6.45, 7) is 4.54. The SMILES string of the molecule is CC1(O)CCN(CCC(C#N)(c2ccccc2)c2ccccc2)CC1. The number of rotatable bonds is 5. The first kappa shape index (κ1) is 17.7. The molecule has 1 saturated heterocycles. The number of nitrogens with zero attached hydrogens (tertiary/aromatic N) is 2. The van der Waals surface area contributed by atoms with Gasteiger partial charge >= 0.3 is 0 Å². The Morgan fingerprint density at radius 1 is 1.00 bits per heavy atom. The van der Waals surface area contributed by atoms with Gasteiger partial charge in [0.2, 0.25) is 0 Å². The summed E-state index contributed by atoms with van der Waals surface area (Å²) in [5.41, 5.74) is 0.921. The van der Waals surface area contributed by atoms with E-state index in [9.17, 15) is 10.4 Å². The minimum Gasteiger partial charge on any atom is -0.390 e. The summed E-state index contributed by atoms with van der Waals surface area (Å²) in [7, 11) is 0. The molecular weight excluding hydrogens is 308 g/mol. The molecule has 0 saturated carbocycles. The largest absolute Gasteiger partial charge is 0.390 e. The quantitative estimate of drug-likeness (QED) is 0.906. The fraction of sp³-hybridized carbons (Fsp3) is 0.409. The number of piperidine rings is 1. The Morgan fingerprint density at radius 3 is 1.92 bits per heavy atom. The van der Waals surface area contributed by atoms with Gasteiger partial charge in [0.25, 0.3) is 0 Å². The number of hydrogen-bond donors (Lipinski definition) is 1. The van der Waals surface area contributed by atoms with Crippen LogP contribution in [0.25, 0.3) is 0 Å². The summed E-state index contributed by atoms with van der Waals surface area (Å²) in [5.74, 6) is 0. The van der Waals surface area contributed by atoms with Crippen LogP contribution in [0.3, 0.4) is 0 Å². The summed E-state index contributed by atoms with van der Waals surface area (Å²) >= 11 is 0. The van der Waals surface area contributed by atoms with E-state index in [2.05, 4.69) is 35.2 Å². The van der Waals surface area contributed by atoms with Gasteiger partial charge in [-0.1, -0.05) is 60.7 Å². The van der Waals surface area contributed by atoms with Crippen molar-refractivity contribution in [1.29, 1.82) is 5.26 Å². The zero-order chi connectivity index (χ0) is 17.8. The topological polar surface area (TPSA) is 47.3 Å². The third-order valence-electron chi connectivity index (χ3n) is 5.46. The van der Waals surface area contributed by atoms with Gasteiger partial charge in [-0.25, -0.2) is 0 Å². The number of nitriles is 1. The predicted molar refractivity (Wildman–Crippen MR) is 100 cm³/mol. The lowest BCUT2D eigenvalue weighted by Crippen LogP contribution is -2.44. The summed E-state index contributed by atoms with van der Waals surface area (Å²) < 4.78 is 0. The molecule has 1 N–H and O–H groups in total. The fourth-order valence-corrected chi connectivity index (χ4v) is 3.67. The highest BCUT2D eigenvalue weighted by molar-refractivity contribution is 5.45. The molecule has 0 aromatic heterocycles. The summed E-state index contributed by atoms with van der Waals surface area (Å²) in [6, 6.07) is 22.8. The maximum absolute atomic E-state index is 10.2. The monoisotopic (exact) mass is 334 g/mol. The van der Waals surface area contributed by atoms with E-state index >= 15 is 0 Å². The van der Waals surface area contributed by atoms with Crippen molar-refractivity contribution in [2.24, 2.45) is 0 Å². The van der Waals surface area contributed by atoms with Crippen molar-refractivity contribution in [3.8, 4) is 6.07 Å². The molecule has 3 rings (SSSR count). The summed E-state index contributed by atoms with van der Waals surface area (Å²) in [4.78, 5) is 2.37. The van der Waals surface area contributed by atoms with Crippen molar-refractivity contribution in [1.82, 2.24) is 4.90 Å². The van der Waals surface area contributed by atoms with Crippen molar-refractivity contribution in [3.05, 3.63) is 71.8 Å². The van der Waals surface area contributed by atoms with Crippen LogP contribution in [0.15, 0.2) is 60.7 Å². The molecule has 2 aromatic rings. The lowest BCUT2D eigenvalue weighted by molar-refractivity contribution is -0.00601. The van der Waals surface area contributed by atoms with Crippen LogP contribution >= 0.6 is 0 Å². The van der Waals surface area contributed by atoms with Crippen LogP contribution in [0, 0.1) is 11.3 Å². The second-order valence-electron chi connectivity index (χ2n) is 7.34. The van der Waals surface area contributed by atoms with Crippen molar-refractivity contribution in [2.75, 3.05) is 19.6 Å². The molecule has 0 unspecified atom stereocenters. The Balaban J connectivity index is 1.84. The van der Waals surface area contributed by atoms with Crippen LogP contribution in [-0.2, 0) is 5.41 Å². The molecule has 1 heterocycles. The lowest BCUT2D eigenvalue weighted by atomic mass is 9.73. The lowest BCUT2D eigenvalue weighted by Gasteiger charge is -2.37. The average Bonchev–Trinajstić information content (AvgIpc) is 2.65. The van der Waals surface area contributed by atoms with Crippen LogP contribution in [0.1, 0.15) is 37.3 Å². The first-order valence-corrected chi connectivity index (χ1v) is 9.03. The zero-order valence-corrected chi connectivity index (χ0v) is 14.9. The third-order valence-corrected chi connectivity index (χ3v) is 5.46. The molecular formula is C22H26N2O. The van der Waals surface area contributed by atoms with Gasteiger partial charge in [-0.3, -0.25) is 0 Å². The van der Waals surface area contributed by atoms with E-state index in [-0.39, 0.29) is 0 Å². The van der Waals surface area contributed by atoms with Crippen molar-refractivity contribution < 1.29 is 5.11 Å². The highest BCUT2D eigenvalue weighted by atomic mass is 16.3. The van der Waals surface area contributed by atoms with Gasteiger partial charge in [-0.15, -0.1) is 0 Å². The van der Waals surface area contributed by atoms with Crippen molar-refractivity contribution in [2.45, 2.75) is 37.2 Å². The van der Waals surface area contributed by atoms with Gasteiger partial charge in [0.05, 0.1) is 11.7 Å². The molecule has 0 amide bonds. The van der Waals surface area contributed by atoms with Crippen LogP contribution in [0.5, 0.6) is 0 Å². The Morgan fingerprint density at radius 2 is 1.48 bits per heavy atom. The number of aliphatic hydroxyl groups is 1. The second-order valence-corrected chi connectivity index (χ2v) is 7.34. The minimum absolute atomic E-state index is 0.540. The molecule has 1 aliphatic rings. The Kier molecular flexibility index (Phi) is 5.22. The van der Waals surface area contributed by atoms with E-state index in [1.807, 2.05) is 43.3 Å². The minimum atomic E-state index is -0.636. The van der Waals surface area contributed by atoms with Gasteiger partial charge in [-0.05, 0) is 37.3 Å². The molecule has 3 nitrogen and oxygen atoms in total. The second kappa shape index (κ2) is 7.39. The molecule has 2 aromatic carbocycles. The van der Waals surface area contributed by atoms with Crippen LogP contribution in [0.2, 0.25) is 0 Å². The van der Waals surface area contributed by atoms with E-state index in [0.29, 0.717) is 0 Å². The first-order chi connectivity index (χ1) is 12.1. The van der Waals surface area contributed by atoms with E-state index in [1.54, 1.807) is 0 Å². The van der Waals surface area contributed by atoms with Gasteiger partial charge in [0.15, 0.2) is 0 Å². The zero-order valence-electron chi connectivity index (χ0n) is 14.9. The van der Waals surface area contributed by atoms with Gasteiger partial charge < -0.3 is 10.0 Å². The first-order valence-electron chi connectivity index (χ1n) is 9.03. The van der Waals surface area contributed by atoms with Crippen molar-refractivity contribution >= 4 is 0 Å². The predicted octanol–water partition coefficient (Wildman–Crippen LogP) is 3.73. The summed E-state index contributed by atoms with van der Waals surface area (Å²) in [5, 5.41) is 20.3. The third kappa shape index (κ3) is 3.92. The smallest absolute Gasteiger partial charge is 0.108 e. The average molecular weight is 334 g/mol. The van der Waals surface area contributed by atoms with Crippen LogP contribution in [-0.4, -0.2) is 35.2 Å². The highest BCUT2D eigenvalue weighted by Gasteiger charge is 2.35. The maximum atomic E-state index is 10.2. The number of benzene rings is 2. The van der Waals surface area contributed by atoms with Gasteiger partial charge in [0, 0.05) is 19.6 Å². The van der Waals surface area contributed by atoms with Gasteiger partial charge in [-0.2, -0.15) is 5.26 Å². The van der Waals surface area contributed by atoms with E-state index < -0.39 is 11.0 Å². The molecule has 1 fully saturated rings. The highest BCUT2D eigenvalue weighted by Crippen LogP contribution is 2.36. The Hall–Kier alpha value is -2.15. The van der Waals surface area contributed by atoms with Gasteiger partial charge in [0.1, 0.15) is 5.41 Å². The molecule has 3 heteroatoms. The Labute approximate surface area is 150 Å². The Bertz CT molecular complexity index is 669. The maximum Gasteiger partial charge on any atom is 0.108 e. The van der Waals surface area contributed by atoms with E-state index in [1.165, 1.54) is 0 Å². The molecule has 0 bridgehead atoms. The standard InChI is InChI=1S/C22H26N2O/c1-21(25)12-15-24(16-13-21)17-14-22(18-23,19-8-4-2-5-9-19)20-10-6-3-7-11-20/h2-11,25H,12-17H2,1H3. The molecule has 130 valence electrons. The number of likely N-dealkylation sites (tertiary alicyclic amines) is 1. The van der Waals surface area contributed by atoms with Crippen LogP contribution < -0.4 is 0 Å². The van der Waals surface area contributed by atoms with E-state index in [4.69, 9.17) is 0 Å². The molecule has 0 aliphatic carbocycles. The summed E-state index contributed by atoms with van der Waals surface area (Å²) in [6.07, 6.45) is 2.34. The number of hydrogen-bond acceptors (Lipinski definition) is 3. The molecule has 0 spiro atoms. The molecule has 0 radical (unpaired) electrons. The normalized spacial score (nSPS) is 17.8. The molecule has 0 atom stereocenters. The van der Waals surface area contributed by atoms with Crippen molar-refractivity contribution in [3.63, 3.8) is 0 Å². The van der Waals surface area contributed by atoms with Crippen LogP contribution in [0.4, 0.5) is 0 Å². The molecule has 25 heavy (non-hydrogen) atoms. The van der Waals surface area contributed by atoms with E-state index in [0.717, 1.165) is 50.0 Å². The molecule has 1 aliphatic heterocycles.